The molecule has 0 radical (unpaired) electrons. The number of rotatable bonds is 3. The summed E-state index contributed by atoms with van der Waals surface area (Å²) in [5, 5.41) is 3.63. The lowest BCUT2D eigenvalue weighted by molar-refractivity contribution is 0.102. The summed E-state index contributed by atoms with van der Waals surface area (Å²) in [6.07, 6.45) is 4.35. The smallest absolute Gasteiger partial charge is 0.277 e. The highest BCUT2D eigenvalue weighted by molar-refractivity contribution is 7.15. The number of carbonyl (C=O) groups excluding carboxylic acids is 1. The Morgan fingerprint density at radius 1 is 1.29 bits per heavy atom. The fraction of sp³-hybridized carbons (Fsp3) is 0.308. The van der Waals surface area contributed by atoms with Crippen LogP contribution in [0.25, 0.3) is 0 Å². The largest absolute Gasteiger partial charge is 0.308 e. The van der Waals surface area contributed by atoms with E-state index < -0.39 is 0 Å². The first kappa shape index (κ1) is 14.2. The molecule has 3 rings (SSSR count). The van der Waals surface area contributed by atoms with E-state index in [-0.39, 0.29) is 16.6 Å². The third-order valence-corrected chi connectivity index (χ3v) is 4.65. The van der Waals surface area contributed by atoms with Crippen LogP contribution in [0, 0.1) is 0 Å². The first-order valence-electron chi connectivity index (χ1n) is 6.60. The fourth-order valence-corrected chi connectivity index (χ4v) is 3.48. The van der Waals surface area contributed by atoms with Gasteiger partial charge in [0.1, 0.15) is 11.5 Å². The number of aromatic nitrogens is 2. The average molecular weight is 324 g/mol. The van der Waals surface area contributed by atoms with Gasteiger partial charge >= 0.3 is 0 Å². The zero-order valence-electron chi connectivity index (χ0n) is 11.1. The highest BCUT2D eigenvalue weighted by Gasteiger charge is 2.19. The lowest BCUT2D eigenvalue weighted by atomic mass is 10.0. The van der Waals surface area contributed by atoms with E-state index in [9.17, 15) is 4.79 Å². The number of carbonyl (C=O) groups is 1. The molecule has 110 valence electrons. The second-order valence-electron chi connectivity index (χ2n) is 4.72. The normalized spacial score (nSPS) is 13.6. The molecule has 0 spiro atoms. The summed E-state index contributed by atoms with van der Waals surface area (Å²) in [6.45, 7) is 0. The summed E-state index contributed by atoms with van der Waals surface area (Å²) in [6, 6.07) is 3.17. The number of anilines is 2. The molecule has 8 heteroatoms. The molecule has 1 aliphatic rings. The third-order valence-electron chi connectivity index (χ3n) is 3.28. The molecule has 0 fully saturated rings. The number of halogens is 1. The van der Waals surface area contributed by atoms with E-state index in [2.05, 4.69) is 20.7 Å². The van der Waals surface area contributed by atoms with Crippen molar-refractivity contribution in [3.8, 4) is 0 Å². The van der Waals surface area contributed by atoms with E-state index in [1.165, 1.54) is 22.6 Å². The van der Waals surface area contributed by atoms with Gasteiger partial charge in [-0.15, -0.1) is 11.3 Å². The van der Waals surface area contributed by atoms with E-state index in [0.29, 0.717) is 10.9 Å². The maximum absolute atomic E-state index is 12.3. The zero-order valence-corrected chi connectivity index (χ0v) is 12.7. The third kappa shape index (κ3) is 2.99. The monoisotopic (exact) mass is 323 g/mol. The number of nitrogen functional groups attached to an aromatic ring is 1. The van der Waals surface area contributed by atoms with Gasteiger partial charge < -0.3 is 5.43 Å². The van der Waals surface area contributed by atoms with Gasteiger partial charge in [-0.1, -0.05) is 11.6 Å². The number of nitrogens with one attached hydrogen (secondary N) is 2. The maximum Gasteiger partial charge on any atom is 0.277 e. The second-order valence-corrected chi connectivity index (χ2v) is 6.21. The van der Waals surface area contributed by atoms with Crippen molar-refractivity contribution in [2.24, 2.45) is 5.84 Å². The molecule has 2 heterocycles. The summed E-state index contributed by atoms with van der Waals surface area (Å²) < 4.78 is 0. The van der Waals surface area contributed by atoms with E-state index in [1.54, 1.807) is 12.1 Å². The lowest BCUT2D eigenvalue weighted by Crippen LogP contribution is -2.16. The van der Waals surface area contributed by atoms with E-state index in [0.717, 1.165) is 25.0 Å². The fourth-order valence-electron chi connectivity index (χ4n) is 2.24. The SMILES string of the molecule is NNc1ccc(Cl)c(C(=O)Nc2nc3c(s2)CCCC3)n1. The molecule has 0 saturated heterocycles. The number of nitrogens with two attached hydrogens (primary N) is 1. The van der Waals surface area contributed by atoms with Crippen LogP contribution in [0.2, 0.25) is 5.02 Å². The number of pyridine rings is 1. The molecular weight excluding hydrogens is 310 g/mol. The van der Waals surface area contributed by atoms with E-state index >= 15 is 0 Å². The minimum Gasteiger partial charge on any atom is -0.308 e. The Morgan fingerprint density at radius 2 is 2.10 bits per heavy atom. The summed E-state index contributed by atoms with van der Waals surface area (Å²) in [5.41, 5.74) is 3.61. The molecule has 2 aromatic rings. The average Bonchev–Trinajstić information content (AvgIpc) is 2.89. The van der Waals surface area contributed by atoms with Crippen LogP contribution in [0.1, 0.15) is 33.9 Å². The Balaban J connectivity index is 1.81. The van der Waals surface area contributed by atoms with E-state index in [4.69, 9.17) is 17.4 Å². The molecule has 0 aliphatic heterocycles. The van der Waals surface area contributed by atoms with Crippen LogP contribution in [0.4, 0.5) is 10.9 Å². The number of nitrogens with zero attached hydrogens (tertiary/aromatic N) is 2. The van der Waals surface area contributed by atoms with Gasteiger partial charge in [0.2, 0.25) is 0 Å². The minimum atomic E-state index is -0.386. The van der Waals surface area contributed by atoms with Gasteiger partial charge in [0, 0.05) is 4.88 Å². The van der Waals surface area contributed by atoms with Gasteiger partial charge in [0.15, 0.2) is 5.13 Å². The van der Waals surface area contributed by atoms with Crippen molar-refractivity contribution in [1.82, 2.24) is 9.97 Å². The molecular formula is C13H14ClN5OS. The van der Waals surface area contributed by atoms with E-state index in [1.807, 2.05) is 0 Å². The minimum absolute atomic E-state index is 0.125. The van der Waals surface area contributed by atoms with Crippen molar-refractivity contribution < 1.29 is 4.79 Å². The van der Waals surface area contributed by atoms with Crippen molar-refractivity contribution in [2.45, 2.75) is 25.7 Å². The lowest BCUT2D eigenvalue weighted by Gasteiger charge is -2.06. The number of aryl methyl sites for hydroxylation is 2. The Hall–Kier alpha value is -1.70. The van der Waals surface area contributed by atoms with Crippen molar-refractivity contribution in [3.63, 3.8) is 0 Å². The Morgan fingerprint density at radius 3 is 2.86 bits per heavy atom. The number of hydrazine groups is 1. The second kappa shape index (κ2) is 5.97. The highest BCUT2D eigenvalue weighted by atomic mass is 35.5. The number of hydrogen-bond donors (Lipinski definition) is 3. The van der Waals surface area contributed by atoms with Crippen molar-refractivity contribution in [1.29, 1.82) is 0 Å². The molecule has 4 N–H and O–H groups in total. The number of fused-ring (bicyclic) bond motifs is 1. The highest BCUT2D eigenvalue weighted by Crippen LogP contribution is 2.30. The maximum atomic E-state index is 12.3. The van der Waals surface area contributed by atoms with Gasteiger partial charge in [-0.25, -0.2) is 15.8 Å². The van der Waals surface area contributed by atoms with Gasteiger partial charge in [0.25, 0.3) is 5.91 Å². The van der Waals surface area contributed by atoms with Gasteiger partial charge in [0.05, 0.1) is 10.7 Å². The number of thiazole rings is 1. The van der Waals surface area contributed by atoms with Gasteiger partial charge in [-0.05, 0) is 37.8 Å². The molecule has 0 unspecified atom stereocenters. The Bertz CT molecular complexity index is 664. The number of amides is 1. The summed E-state index contributed by atoms with van der Waals surface area (Å²) in [5.74, 6) is 5.28. The van der Waals surface area contributed by atoms with Crippen LogP contribution >= 0.6 is 22.9 Å². The Labute approximate surface area is 130 Å². The molecule has 0 aromatic carbocycles. The van der Waals surface area contributed by atoms with Crippen molar-refractivity contribution in [2.75, 3.05) is 10.7 Å². The predicted molar refractivity (Wildman–Crippen MR) is 83.8 cm³/mol. The molecule has 6 nitrogen and oxygen atoms in total. The van der Waals surface area contributed by atoms with Crippen LogP contribution in [-0.4, -0.2) is 15.9 Å². The first-order valence-corrected chi connectivity index (χ1v) is 7.80. The van der Waals surface area contributed by atoms with Crippen LogP contribution in [0.5, 0.6) is 0 Å². The molecule has 2 aromatic heterocycles. The summed E-state index contributed by atoms with van der Waals surface area (Å²) in [4.78, 5) is 22.0. The molecule has 1 amide bonds. The van der Waals surface area contributed by atoms with Gasteiger partial charge in [-0.2, -0.15) is 0 Å². The van der Waals surface area contributed by atoms with Gasteiger partial charge in [-0.3, -0.25) is 10.1 Å². The van der Waals surface area contributed by atoms with Crippen LogP contribution < -0.4 is 16.6 Å². The summed E-state index contributed by atoms with van der Waals surface area (Å²) >= 11 is 7.53. The molecule has 21 heavy (non-hydrogen) atoms. The predicted octanol–water partition coefficient (Wildman–Crippen LogP) is 2.61. The molecule has 1 aliphatic carbocycles. The molecule has 0 atom stereocenters. The van der Waals surface area contributed by atoms with Crippen LogP contribution in [-0.2, 0) is 12.8 Å². The van der Waals surface area contributed by atoms with Crippen LogP contribution in [0.3, 0.4) is 0 Å². The first-order chi connectivity index (χ1) is 10.2. The van der Waals surface area contributed by atoms with Crippen LogP contribution in [0.15, 0.2) is 12.1 Å². The molecule has 0 bridgehead atoms. The standard InChI is InChI=1S/C13H14ClN5OS/c14-7-5-6-10(19-15)17-11(7)12(20)18-13-16-8-3-1-2-4-9(8)21-13/h5-6H,1-4,15H2,(H,17,19)(H,16,18,20). The van der Waals surface area contributed by atoms with Crippen molar-refractivity contribution in [3.05, 3.63) is 33.4 Å². The van der Waals surface area contributed by atoms with Crippen molar-refractivity contribution >= 4 is 39.8 Å². The Kier molecular flexibility index (Phi) is 4.05. The quantitative estimate of drug-likeness (QED) is 0.596. The summed E-state index contributed by atoms with van der Waals surface area (Å²) in [7, 11) is 0. The number of hydrogen-bond acceptors (Lipinski definition) is 6. The zero-order chi connectivity index (χ0) is 14.8. The molecule has 0 saturated carbocycles. The topological polar surface area (TPSA) is 92.9 Å².